The van der Waals surface area contributed by atoms with E-state index in [-0.39, 0.29) is 23.4 Å². The lowest BCUT2D eigenvalue weighted by molar-refractivity contribution is -0.145. The first-order valence-corrected chi connectivity index (χ1v) is 11.5. The van der Waals surface area contributed by atoms with Crippen LogP contribution in [0.2, 0.25) is 0 Å². The molecule has 35 heavy (non-hydrogen) atoms. The predicted molar refractivity (Wildman–Crippen MR) is 115 cm³/mol. The molecule has 4 rings (SSSR count). The van der Waals surface area contributed by atoms with Gasteiger partial charge in [0.25, 0.3) is 0 Å². The third kappa shape index (κ3) is 5.68. The van der Waals surface area contributed by atoms with Gasteiger partial charge in [0.15, 0.2) is 0 Å². The summed E-state index contributed by atoms with van der Waals surface area (Å²) in [6.45, 7) is 0.166. The highest BCUT2D eigenvalue weighted by Gasteiger charge is 2.35. The minimum absolute atomic E-state index is 0.0486. The number of nitrogens with one attached hydrogen (secondary N) is 1. The van der Waals surface area contributed by atoms with Crippen molar-refractivity contribution in [2.24, 2.45) is 0 Å². The molecule has 1 amide bonds. The normalized spacial score (nSPS) is 17.3. The van der Waals surface area contributed by atoms with Gasteiger partial charge in [-0.1, -0.05) is 0 Å². The van der Waals surface area contributed by atoms with Crippen molar-refractivity contribution in [3.05, 3.63) is 71.9 Å². The Kier molecular flexibility index (Phi) is 7.17. The van der Waals surface area contributed by atoms with Gasteiger partial charge in [0.1, 0.15) is 28.7 Å². The van der Waals surface area contributed by atoms with E-state index in [4.69, 9.17) is 0 Å². The lowest BCUT2D eigenvalue weighted by Crippen LogP contribution is -2.43. The van der Waals surface area contributed by atoms with Crippen LogP contribution < -0.4 is 5.32 Å². The van der Waals surface area contributed by atoms with E-state index in [0.29, 0.717) is 24.3 Å². The SMILES string of the molecule is O=C(NCc1cc(-c2cnc(C(F)(F)F)nc2)ncc1F)[C@@H]1CCCN1S(=O)c1ccc(F)cc1. The van der Waals surface area contributed by atoms with Gasteiger partial charge >= 0.3 is 6.18 Å². The Morgan fingerprint density at radius 3 is 2.43 bits per heavy atom. The minimum atomic E-state index is -4.70. The molecular weight excluding hydrogens is 493 g/mol. The van der Waals surface area contributed by atoms with Crippen LogP contribution in [-0.2, 0) is 28.5 Å². The first-order chi connectivity index (χ1) is 16.6. The second-order valence-electron chi connectivity index (χ2n) is 7.67. The summed E-state index contributed by atoms with van der Waals surface area (Å²) in [5.41, 5.74) is 0.318. The smallest absolute Gasteiger partial charge is 0.351 e. The van der Waals surface area contributed by atoms with E-state index in [1.807, 2.05) is 0 Å². The summed E-state index contributed by atoms with van der Waals surface area (Å²) in [6, 6.07) is 5.70. The van der Waals surface area contributed by atoms with Gasteiger partial charge in [0.2, 0.25) is 11.7 Å². The number of nitrogens with zero attached hydrogens (tertiary/aromatic N) is 4. The Morgan fingerprint density at radius 1 is 1.09 bits per heavy atom. The molecule has 2 atom stereocenters. The molecule has 1 aliphatic rings. The Labute approximate surface area is 199 Å². The topological polar surface area (TPSA) is 88.1 Å². The third-order valence-corrected chi connectivity index (χ3v) is 6.86. The number of alkyl halides is 3. The van der Waals surface area contributed by atoms with Crippen LogP contribution in [0.4, 0.5) is 22.0 Å². The summed E-state index contributed by atoms with van der Waals surface area (Å²) >= 11 is 0. The lowest BCUT2D eigenvalue weighted by atomic mass is 10.1. The van der Waals surface area contributed by atoms with E-state index >= 15 is 0 Å². The summed E-state index contributed by atoms with van der Waals surface area (Å²) in [4.78, 5) is 23.5. The molecule has 0 saturated carbocycles. The number of carbonyl (C=O) groups excluding carboxylic acids is 1. The van der Waals surface area contributed by atoms with Crippen molar-refractivity contribution in [1.29, 1.82) is 0 Å². The first kappa shape index (κ1) is 24.8. The van der Waals surface area contributed by atoms with Crippen molar-refractivity contribution in [3.8, 4) is 11.3 Å². The van der Waals surface area contributed by atoms with Gasteiger partial charge in [-0.3, -0.25) is 9.78 Å². The largest absolute Gasteiger partial charge is 0.451 e. The van der Waals surface area contributed by atoms with Gasteiger partial charge in [0.05, 0.1) is 16.8 Å². The summed E-state index contributed by atoms with van der Waals surface area (Å²) in [5, 5.41) is 2.61. The molecule has 0 radical (unpaired) electrons. The average molecular weight is 511 g/mol. The molecule has 1 saturated heterocycles. The lowest BCUT2D eigenvalue weighted by Gasteiger charge is -2.22. The highest BCUT2D eigenvalue weighted by molar-refractivity contribution is 7.82. The van der Waals surface area contributed by atoms with Gasteiger partial charge < -0.3 is 5.32 Å². The molecule has 0 aliphatic carbocycles. The summed E-state index contributed by atoms with van der Waals surface area (Å²) in [5.74, 6) is -2.97. The Balaban J connectivity index is 1.44. The number of amides is 1. The standard InChI is InChI=1S/C22H18F5N5O2S/c23-15-3-5-16(6-4-15)35(34)32-7-1-2-19(32)20(33)29-9-13-8-18(28-12-17(13)24)14-10-30-21(31-11-14)22(25,26)27/h3-6,8,10-12,19H,1-2,7,9H2,(H,29,33)/t19-,35?/m0/s1. The van der Waals surface area contributed by atoms with E-state index in [2.05, 4.69) is 20.3 Å². The Morgan fingerprint density at radius 2 is 1.77 bits per heavy atom. The van der Waals surface area contributed by atoms with Gasteiger partial charge in [-0.05, 0) is 43.2 Å². The monoisotopic (exact) mass is 511 g/mol. The maximum absolute atomic E-state index is 14.3. The molecule has 2 aromatic heterocycles. The van der Waals surface area contributed by atoms with Crippen LogP contribution in [0.15, 0.2) is 53.8 Å². The quantitative estimate of drug-likeness (QED) is 0.511. The van der Waals surface area contributed by atoms with Gasteiger partial charge in [0, 0.05) is 36.6 Å². The van der Waals surface area contributed by atoms with Gasteiger partial charge in [-0.2, -0.15) is 13.2 Å². The highest BCUT2D eigenvalue weighted by Crippen LogP contribution is 2.27. The van der Waals surface area contributed by atoms with E-state index < -0.39 is 46.6 Å². The van der Waals surface area contributed by atoms with Crippen molar-refractivity contribution in [3.63, 3.8) is 0 Å². The molecule has 0 spiro atoms. The minimum Gasteiger partial charge on any atom is -0.351 e. The van der Waals surface area contributed by atoms with Crippen molar-refractivity contribution in [2.45, 2.75) is 36.5 Å². The van der Waals surface area contributed by atoms with Crippen LogP contribution in [0, 0.1) is 11.6 Å². The number of benzene rings is 1. The number of carbonyl (C=O) groups is 1. The molecule has 3 heterocycles. The van der Waals surface area contributed by atoms with Crippen LogP contribution in [0.25, 0.3) is 11.3 Å². The zero-order valence-electron chi connectivity index (χ0n) is 17.9. The van der Waals surface area contributed by atoms with Crippen molar-refractivity contribution in [1.82, 2.24) is 24.6 Å². The summed E-state index contributed by atoms with van der Waals surface area (Å²) < 4.78 is 79.8. The van der Waals surface area contributed by atoms with Gasteiger partial charge in [-0.25, -0.2) is 27.3 Å². The molecule has 1 unspecified atom stereocenters. The van der Waals surface area contributed by atoms with Crippen LogP contribution in [-0.4, -0.2) is 42.0 Å². The van der Waals surface area contributed by atoms with Crippen molar-refractivity contribution in [2.75, 3.05) is 6.54 Å². The third-order valence-electron chi connectivity index (χ3n) is 5.32. The second-order valence-corrected chi connectivity index (χ2v) is 9.11. The fourth-order valence-corrected chi connectivity index (χ4v) is 4.93. The van der Waals surface area contributed by atoms with E-state index in [1.165, 1.54) is 34.6 Å². The first-order valence-electron chi connectivity index (χ1n) is 10.4. The van der Waals surface area contributed by atoms with Crippen LogP contribution >= 0.6 is 0 Å². The zero-order valence-corrected chi connectivity index (χ0v) is 18.7. The average Bonchev–Trinajstić information content (AvgIpc) is 3.33. The zero-order chi connectivity index (χ0) is 25.2. The molecule has 7 nitrogen and oxygen atoms in total. The number of rotatable bonds is 6. The van der Waals surface area contributed by atoms with Crippen LogP contribution in [0.3, 0.4) is 0 Å². The predicted octanol–water partition coefficient (Wildman–Crippen LogP) is 3.64. The number of hydrogen-bond donors (Lipinski definition) is 1. The van der Waals surface area contributed by atoms with Crippen LogP contribution in [0.5, 0.6) is 0 Å². The molecule has 13 heteroatoms. The maximum Gasteiger partial charge on any atom is 0.451 e. The molecule has 1 fully saturated rings. The van der Waals surface area contributed by atoms with Gasteiger partial charge in [-0.15, -0.1) is 0 Å². The number of hydrogen-bond acceptors (Lipinski definition) is 5. The van der Waals surface area contributed by atoms with E-state index in [9.17, 15) is 31.0 Å². The molecular formula is C22H18F5N5O2S. The number of pyridine rings is 1. The molecule has 1 N–H and O–H groups in total. The molecule has 1 aromatic carbocycles. The molecule has 0 bridgehead atoms. The fraction of sp³-hybridized carbons (Fsp3) is 0.273. The Hall–Kier alpha value is -3.32. The second kappa shape index (κ2) is 10.1. The summed E-state index contributed by atoms with van der Waals surface area (Å²) in [6.07, 6.45) is -0.893. The van der Waals surface area contributed by atoms with E-state index in [1.54, 1.807) is 0 Å². The molecule has 1 aliphatic heterocycles. The maximum atomic E-state index is 14.3. The highest BCUT2D eigenvalue weighted by atomic mass is 32.2. The van der Waals surface area contributed by atoms with Crippen molar-refractivity contribution < 1.29 is 31.0 Å². The fourth-order valence-electron chi connectivity index (χ4n) is 3.57. The van der Waals surface area contributed by atoms with Crippen LogP contribution in [0.1, 0.15) is 24.2 Å². The number of halogens is 5. The summed E-state index contributed by atoms with van der Waals surface area (Å²) in [7, 11) is -1.68. The van der Waals surface area contributed by atoms with E-state index in [0.717, 1.165) is 18.6 Å². The number of aromatic nitrogens is 3. The molecule has 184 valence electrons. The molecule has 3 aromatic rings. The Bertz CT molecular complexity index is 1240. The van der Waals surface area contributed by atoms with Crippen molar-refractivity contribution >= 4 is 16.9 Å².